The second-order valence-electron chi connectivity index (χ2n) is 6.89. The van der Waals surface area contributed by atoms with Gasteiger partial charge in [0.25, 0.3) is 0 Å². The van der Waals surface area contributed by atoms with Gasteiger partial charge in [0.1, 0.15) is 0 Å². The Morgan fingerprint density at radius 3 is 1.97 bits per heavy atom. The van der Waals surface area contributed by atoms with Crippen molar-refractivity contribution in [2.45, 2.75) is 13.1 Å². The minimum absolute atomic E-state index is 0. The lowest BCUT2D eigenvalue weighted by Crippen LogP contribution is -2.26. The summed E-state index contributed by atoms with van der Waals surface area (Å²) in [4.78, 5) is 2.17. The summed E-state index contributed by atoms with van der Waals surface area (Å²) < 4.78 is 2.28. The Bertz CT molecular complexity index is 1070. The Hall–Kier alpha value is -2.77. The highest BCUT2D eigenvalue weighted by Crippen LogP contribution is 2.28. The Morgan fingerprint density at radius 1 is 0.759 bits per heavy atom. The van der Waals surface area contributed by atoms with Gasteiger partial charge >= 0.3 is 0 Å². The molecule has 0 aliphatic rings. The molecule has 148 valence electrons. The van der Waals surface area contributed by atoms with Crippen LogP contribution in [-0.4, -0.2) is 34.3 Å². The van der Waals surface area contributed by atoms with E-state index in [0.717, 1.165) is 6.54 Å². The van der Waals surface area contributed by atoms with Crippen LogP contribution >= 0.6 is 12.4 Å². The molecule has 1 aromatic heterocycles. The number of halogens is 1. The van der Waals surface area contributed by atoms with E-state index in [2.05, 4.69) is 82.0 Å². The van der Waals surface area contributed by atoms with Crippen molar-refractivity contribution >= 4 is 34.2 Å². The molecule has 0 saturated carbocycles. The van der Waals surface area contributed by atoms with Crippen LogP contribution in [0.25, 0.3) is 21.8 Å². The van der Waals surface area contributed by atoms with Crippen molar-refractivity contribution in [2.75, 3.05) is 19.7 Å². The summed E-state index contributed by atoms with van der Waals surface area (Å²) in [6.07, 6.45) is 0. The Labute approximate surface area is 178 Å². The van der Waals surface area contributed by atoms with Gasteiger partial charge in [0.15, 0.2) is 0 Å². The van der Waals surface area contributed by atoms with Crippen LogP contribution in [-0.2, 0) is 13.1 Å². The highest BCUT2D eigenvalue weighted by Gasteiger charge is 2.08. The lowest BCUT2D eigenvalue weighted by Gasteiger charge is -2.18. The third-order valence-electron chi connectivity index (χ3n) is 5.01. The van der Waals surface area contributed by atoms with Gasteiger partial charge < -0.3 is 9.67 Å². The summed E-state index contributed by atoms with van der Waals surface area (Å²) >= 11 is 0. The summed E-state index contributed by atoms with van der Waals surface area (Å²) in [5.41, 5.74) is 3.67. The zero-order valence-corrected chi connectivity index (χ0v) is 17.1. The van der Waals surface area contributed by atoms with E-state index in [9.17, 15) is 5.11 Å². The van der Waals surface area contributed by atoms with Gasteiger partial charge in [-0.3, -0.25) is 4.90 Å². The standard InChI is InChI=1S/C25H24N2O.ClH/c28-19-18-26(20-21-10-2-1-3-11-21)16-8-9-17-27-24-14-6-4-12-22(24)23-13-5-7-15-25(23)27;/h1-7,10-15,28H,16-20H2;1H. The van der Waals surface area contributed by atoms with E-state index in [-0.39, 0.29) is 19.0 Å². The average molecular weight is 405 g/mol. The first-order chi connectivity index (χ1) is 13.9. The molecule has 3 aromatic carbocycles. The highest BCUT2D eigenvalue weighted by molar-refractivity contribution is 6.08. The van der Waals surface area contributed by atoms with Crippen molar-refractivity contribution in [3.63, 3.8) is 0 Å². The highest BCUT2D eigenvalue weighted by atomic mass is 35.5. The SMILES string of the molecule is Cl.OCCN(CC#CCn1c2ccccc2c2ccccc21)Cc1ccccc1. The average Bonchev–Trinajstić information content (AvgIpc) is 3.06. The first-order valence-corrected chi connectivity index (χ1v) is 9.65. The first kappa shape index (κ1) is 21.0. The third-order valence-corrected chi connectivity index (χ3v) is 5.01. The molecular weight excluding hydrogens is 380 g/mol. The summed E-state index contributed by atoms with van der Waals surface area (Å²) in [5, 5.41) is 11.9. The Morgan fingerprint density at radius 2 is 1.34 bits per heavy atom. The molecule has 0 spiro atoms. The van der Waals surface area contributed by atoms with Gasteiger partial charge in [-0.15, -0.1) is 12.4 Å². The lowest BCUT2D eigenvalue weighted by molar-refractivity contribution is 0.205. The number of fused-ring (bicyclic) bond motifs is 3. The van der Waals surface area contributed by atoms with Gasteiger partial charge in [-0.2, -0.15) is 0 Å². The first-order valence-electron chi connectivity index (χ1n) is 9.65. The number of para-hydroxylation sites is 2. The van der Waals surface area contributed by atoms with E-state index in [1.54, 1.807) is 0 Å². The van der Waals surface area contributed by atoms with Crippen LogP contribution in [0.5, 0.6) is 0 Å². The molecule has 0 fully saturated rings. The van der Waals surface area contributed by atoms with Crippen LogP contribution in [0.3, 0.4) is 0 Å². The van der Waals surface area contributed by atoms with Crippen molar-refractivity contribution < 1.29 is 5.11 Å². The molecule has 0 unspecified atom stereocenters. The van der Waals surface area contributed by atoms with Gasteiger partial charge in [0.2, 0.25) is 0 Å². The number of benzene rings is 3. The molecule has 0 saturated heterocycles. The number of hydrogen-bond donors (Lipinski definition) is 1. The van der Waals surface area contributed by atoms with E-state index in [0.29, 0.717) is 19.6 Å². The summed E-state index contributed by atoms with van der Waals surface area (Å²) in [7, 11) is 0. The fourth-order valence-corrected chi connectivity index (χ4v) is 3.67. The summed E-state index contributed by atoms with van der Waals surface area (Å²) in [5.74, 6) is 6.64. The quantitative estimate of drug-likeness (QED) is 0.471. The molecule has 1 heterocycles. The maximum Gasteiger partial charge on any atom is 0.0844 e. The largest absolute Gasteiger partial charge is 0.395 e. The van der Waals surface area contributed by atoms with Crippen LogP contribution in [0.4, 0.5) is 0 Å². The zero-order valence-electron chi connectivity index (χ0n) is 16.3. The molecule has 0 bridgehead atoms. The van der Waals surface area contributed by atoms with Gasteiger partial charge in [-0.05, 0) is 17.7 Å². The molecule has 0 amide bonds. The minimum Gasteiger partial charge on any atom is -0.395 e. The van der Waals surface area contributed by atoms with Crippen molar-refractivity contribution in [3.05, 3.63) is 84.4 Å². The second-order valence-corrected chi connectivity index (χ2v) is 6.89. The molecule has 0 atom stereocenters. The molecule has 29 heavy (non-hydrogen) atoms. The molecule has 3 nitrogen and oxygen atoms in total. The number of nitrogens with zero attached hydrogens (tertiary/aromatic N) is 2. The molecule has 1 N–H and O–H groups in total. The van der Waals surface area contributed by atoms with Crippen LogP contribution in [0, 0.1) is 11.8 Å². The van der Waals surface area contributed by atoms with Gasteiger partial charge in [0, 0.05) is 34.9 Å². The maximum absolute atomic E-state index is 9.36. The predicted octanol–water partition coefficient (Wildman–Crippen LogP) is 4.71. The normalized spacial score (nSPS) is 10.7. The summed E-state index contributed by atoms with van der Waals surface area (Å²) in [6, 6.07) is 27.3. The van der Waals surface area contributed by atoms with Crippen molar-refractivity contribution in [3.8, 4) is 11.8 Å². The molecule has 4 aromatic rings. The topological polar surface area (TPSA) is 28.4 Å². The molecule has 0 aliphatic carbocycles. The predicted molar refractivity (Wildman–Crippen MR) is 123 cm³/mol. The van der Waals surface area contributed by atoms with E-state index in [1.165, 1.54) is 27.4 Å². The van der Waals surface area contributed by atoms with Crippen LogP contribution < -0.4 is 0 Å². The van der Waals surface area contributed by atoms with Crippen molar-refractivity contribution in [1.29, 1.82) is 0 Å². The number of aliphatic hydroxyl groups excluding tert-OH is 1. The van der Waals surface area contributed by atoms with E-state index in [4.69, 9.17) is 0 Å². The third kappa shape index (κ3) is 4.81. The lowest BCUT2D eigenvalue weighted by atomic mass is 10.2. The van der Waals surface area contributed by atoms with Gasteiger partial charge in [-0.25, -0.2) is 0 Å². The Balaban J connectivity index is 0.00000240. The second kappa shape index (κ2) is 10.1. The van der Waals surface area contributed by atoms with Crippen molar-refractivity contribution in [1.82, 2.24) is 9.47 Å². The maximum atomic E-state index is 9.36. The molecular formula is C25H25ClN2O. The molecule has 0 aliphatic heterocycles. The fourth-order valence-electron chi connectivity index (χ4n) is 3.67. The molecule has 4 rings (SSSR count). The molecule has 0 radical (unpaired) electrons. The van der Waals surface area contributed by atoms with Crippen LogP contribution in [0.2, 0.25) is 0 Å². The van der Waals surface area contributed by atoms with E-state index < -0.39 is 0 Å². The van der Waals surface area contributed by atoms with E-state index >= 15 is 0 Å². The smallest absolute Gasteiger partial charge is 0.0844 e. The fraction of sp³-hybridized carbons (Fsp3) is 0.200. The number of hydrogen-bond acceptors (Lipinski definition) is 2. The molecule has 4 heteroatoms. The van der Waals surface area contributed by atoms with Gasteiger partial charge in [-0.1, -0.05) is 78.6 Å². The van der Waals surface area contributed by atoms with E-state index in [1.807, 2.05) is 18.2 Å². The number of rotatable bonds is 6. The number of aliphatic hydroxyl groups is 1. The Kier molecular flexibility index (Phi) is 7.32. The van der Waals surface area contributed by atoms with Crippen LogP contribution in [0.15, 0.2) is 78.9 Å². The zero-order chi connectivity index (χ0) is 19.2. The monoisotopic (exact) mass is 404 g/mol. The van der Waals surface area contributed by atoms with Crippen LogP contribution in [0.1, 0.15) is 5.56 Å². The number of aromatic nitrogens is 1. The minimum atomic E-state index is 0. The van der Waals surface area contributed by atoms with Gasteiger partial charge in [0.05, 0.1) is 19.7 Å². The summed E-state index contributed by atoms with van der Waals surface area (Å²) in [6.45, 7) is 2.87. The van der Waals surface area contributed by atoms with Crippen molar-refractivity contribution in [2.24, 2.45) is 0 Å².